The molecule has 0 atom stereocenters. The van der Waals surface area contributed by atoms with Crippen LogP contribution in [0.4, 0.5) is 0 Å². The highest BCUT2D eigenvalue weighted by Gasteiger charge is 2.17. The molecule has 0 aliphatic carbocycles. The first-order chi connectivity index (χ1) is 10.7. The van der Waals surface area contributed by atoms with E-state index in [2.05, 4.69) is 4.98 Å². The first kappa shape index (κ1) is 17.1. The molecule has 0 N–H and O–H groups in total. The summed E-state index contributed by atoms with van der Waals surface area (Å²) in [6.07, 6.45) is 1.52. The van der Waals surface area contributed by atoms with E-state index in [1.807, 2.05) is 6.92 Å². The van der Waals surface area contributed by atoms with Crippen LogP contribution in [0.15, 0.2) is 29.2 Å². The van der Waals surface area contributed by atoms with Crippen LogP contribution >= 0.6 is 0 Å². The van der Waals surface area contributed by atoms with Gasteiger partial charge >= 0.3 is 0 Å². The van der Waals surface area contributed by atoms with Crippen LogP contribution in [0.5, 0.6) is 0 Å². The van der Waals surface area contributed by atoms with Crippen LogP contribution in [0.2, 0.25) is 0 Å². The van der Waals surface area contributed by atoms with Gasteiger partial charge < -0.3 is 4.90 Å². The Kier molecular flexibility index (Phi) is 4.84. The first-order valence-electron chi connectivity index (χ1n) is 7.07. The molecule has 0 bridgehead atoms. The molecule has 23 heavy (non-hydrogen) atoms. The lowest BCUT2D eigenvalue weighted by atomic mass is 10.3. The number of hydrogen-bond donors (Lipinski definition) is 0. The van der Waals surface area contributed by atoms with E-state index in [-0.39, 0.29) is 35.1 Å². The van der Waals surface area contributed by atoms with Gasteiger partial charge in [0.2, 0.25) is 5.91 Å². The van der Waals surface area contributed by atoms with Crippen molar-refractivity contribution in [2.45, 2.75) is 19.1 Å². The van der Waals surface area contributed by atoms with Crippen LogP contribution in [0.25, 0.3) is 5.65 Å². The van der Waals surface area contributed by atoms with Crippen LogP contribution < -0.4 is 5.56 Å². The topological polar surface area (TPSA) is 88.8 Å². The molecule has 0 fully saturated rings. The molecule has 2 rings (SSSR count). The average molecular weight is 337 g/mol. The summed E-state index contributed by atoms with van der Waals surface area (Å²) in [6.45, 7) is 1.86. The Bertz CT molecular complexity index is 901. The summed E-state index contributed by atoms with van der Waals surface area (Å²) in [4.78, 5) is 29.1. The van der Waals surface area contributed by atoms with Crippen molar-refractivity contribution in [3.8, 4) is 0 Å². The number of fused-ring (bicyclic) bond motifs is 1. The summed E-state index contributed by atoms with van der Waals surface area (Å²) in [5.74, 6) is -0.873. The third kappa shape index (κ3) is 4.38. The fourth-order valence-corrected chi connectivity index (χ4v) is 3.32. The molecule has 0 saturated carbocycles. The summed E-state index contributed by atoms with van der Waals surface area (Å²) in [5.41, 5.74) is 1.20. The van der Waals surface area contributed by atoms with Gasteiger partial charge in [0.1, 0.15) is 5.65 Å². The second-order valence-electron chi connectivity index (χ2n) is 5.65. The zero-order valence-corrected chi connectivity index (χ0v) is 14.1. The molecule has 0 aliphatic heterocycles. The van der Waals surface area contributed by atoms with Crippen molar-refractivity contribution >= 4 is 21.4 Å². The molecular weight excluding hydrogens is 318 g/mol. The Labute approximate surface area is 134 Å². The molecule has 0 radical (unpaired) electrons. The minimum atomic E-state index is -3.52. The van der Waals surface area contributed by atoms with Gasteiger partial charge in [-0.05, 0) is 24.6 Å². The predicted molar refractivity (Wildman–Crippen MR) is 87.0 cm³/mol. The van der Waals surface area contributed by atoms with Crippen molar-refractivity contribution in [1.82, 2.24) is 14.3 Å². The molecule has 1 amide bonds. The lowest BCUT2D eigenvalue weighted by molar-refractivity contribution is -0.128. The van der Waals surface area contributed by atoms with Gasteiger partial charge in [-0.25, -0.2) is 13.4 Å². The largest absolute Gasteiger partial charge is 0.349 e. The molecule has 2 aromatic heterocycles. The van der Waals surface area contributed by atoms with E-state index in [1.165, 1.54) is 15.4 Å². The maximum atomic E-state index is 12.1. The zero-order valence-electron chi connectivity index (χ0n) is 13.3. The number of rotatable bonds is 5. The Balaban J connectivity index is 2.24. The van der Waals surface area contributed by atoms with E-state index in [1.54, 1.807) is 32.4 Å². The van der Waals surface area contributed by atoms with Crippen LogP contribution in [0, 0.1) is 6.92 Å². The number of aryl methyl sites for hydroxylation is 1. The highest BCUT2D eigenvalue weighted by atomic mass is 32.2. The molecule has 0 aliphatic rings. The van der Waals surface area contributed by atoms with E-state index in [0.29, 0.717) is 5.65 Å². The second-order valence-corrected chi connectivity index (χ2v) is 7.83. The van der Waals surface area contributed by atoms with Crippen molar-refractivity contribution in [2.75, 3.05) is 19.8 Å². The average Bonchev–Trinajstić information content (AvgIpc) is 2.43. The maximum absolute atomic E-state index is 12.1. The van der Waals surface area contributed by atoms with Gasteiger partial charge in [-0.1, -0.05) is 0 Å². The summed E-state index contributed by atoms with van der Waals surface area (Å²) >= 11 is 0. The minimum absolute atomic E-state index is 0.0823. The van der Waals surface area contributed by atoms with Crippen molar-refractivity contribution < 1.29 is 13.2 Å². The SMILES string of the molecule is Cc1ccn2c(=O)cc(CS(=O)(=O)CCC(=O)N(C)C)nc2c1. The molecule has 0 unspecified atom stereocenters. The predicted octanol–water partition coefficient (Wildman–Crippen LogP) is 0.396. The van der Waals surface area contributed by atoms with E-state index in [9.17, 15) is 18.0 Å². The molecule has 0 spiro atoms. The lowest BCUT2D eigenvalue weighted by Gasteiger charge is -2.10. The summed E-state index contributed by atoms with van der Waals surface area (Å²) in [5, 5.41) is 0. The zero-order chi connectivity index (χ0) is 17.2. The van der Waals surface area contributed by atoms with Gasteiger partial charge in [-0.2, -0.15) is 0 Å². The van der Waals surface area contributed by atoms with Crippen LogP contribution in [0.3, 0.4) is 0 Å². The van der Waals surface area contributed by atoms with Gasteiger partial charge in [0.25, 0.3) is 5.56 Å². The Morgan fingerprint density at radius 2 is 2.00 bits per heavy atom. The van der Waals surface area contributed by atoms with Gasteiger partial charge in [0.15, 0.2) is 9.84 Å². The van der Waals surface area contributed by atoms with Crippen molar-refractivity contribution in [2.24, 2.45) is 0 Å². The fraction of sp³-hybridized carbons (Fsp3) is 0.400. The quantitative estimate of drug-likeness (QED) is 0.788. The van der Waals surface area contributed by atoms with E-state index < -0.39 is 9.84 Å². The number of aromatic nitrogens is 2. The Morgan fingerprint density at radius 3 is 2.65 bits per heavy atom. The number of nitrogens with zero attached hydrogens (tertiary/aromatic N) is 3. The molecule has 0 aromatic carbocycles. The maximum Gasteiger partial charge on any atom is 0.258 e. The fourth-order valence-electron chi connectivity index (χ4n) is 2.09. The number of carbonyl (C=O) groups excluding carboxylic acids is 1. The Hall–Kier alpha value is -2.22. The van der Waals surface area contributed by atoms with Crippen molar-refractivity contribution in [1.29, 1.82) is 0 Å². The van der Waals surface area contributed by atoms with E-state index >= 15 is 0 Å². The van der Waals surface area contributed by atoms with E-state index in [0.717, 1.165) is 5.56 Å². The number of pyridine rings is 1. The number of carbonyl (C=O) groups is 1. The van der Waals surface area contributed by atoms with Crippen LogP contribution in [0.1, 0.15) is 17.7 Å². The minimum Gasteiger partial charge on any atom is -0.349 e. The van der Waals surface area contributed by atoms with Crippen LogP contribution in [-0.2, 0) is 20.4 Å². The highest BCUT2D eigenvalue weighted by molar-refractivity contribution is 7.90. The highest BCUT2D eigenvalue weighted by Crippen LogP contribution is 2.08. The standard InChI is InChI=1S/C15H19N3O4S/c1-11-4-6-18-13(8-11)16-12(9-15(18)20)10-23(21,22)7-5-14(19)17(2)3/h4,6,8-9H,5,7,10H2,1-3H3. The number of sulfone groups is 1. The molecule has 124 valence electrons. The van der Waals surface area contributed by atoms with Gasteiger partial charge in [-0.3, -0.25) is 14.0 Å². The van der Waals surface area contributed by atoms with Crippen LogP contribution in [-0.4, -0.2) is 48.5 Å². The summed E-state index contributed by atoms with van der Waals surface area (Å²) in [6, 6.07) is 4.71. The number of hydrogen-bond acceptors (Lipinski definition) is 5. The molecule has 0 saturated heterocycles. The molecule has 2 aromatic rings. The molecule has 2 heterocycles. The summed E-state index contributed by atoms with van der Waals surface area (Å²) < 4.78 is 25.6. The number of amides is 1. The smallest absolute Gasteiger partial charge is 0.258 e. The molecule has 7 nitrogen and oxygen atoms in total. The third-order valence-electron chi connectivity index (χ3n) is 3.37. The van der Waals surface area contributed by atoms with E-state index in [4.69, 9.17) is 0 Å². The van der Waals surface area contributed by atoms with Crippen molar-refractivity contribution in [3.63, 3.8) is 0 Å². The molecular formula is C15H19N3O4S. The normalized spacial score (nSPS) is 11.6. The monoisotopic (exact) mass is 337 g/mol. The lowest BCUT2D eigenvalue weighted by Crippen LogP contribution is -2.25. The van der Waals surface area contributed by atoms with Gasteiger partial charge in [0.05, 0.1) is 17.2 Å². The summed E-state index contributed by atoms with van der Waals surface area (Å²) in [7, 11) is -0.372. The van der Waals surface area contributed by atoms with Gasteiger partial charge in [-0.15, -0.1) is 0 Å². The first-order valence-corrected chi connectivity index (χ1v) is 8.89. The van der Waals surface area contributed by atoms with Crippen molar-refractivity contribution in [3.05, 3.63) is 46.0 Å². The van der Waals surface area contributed by atoms with Gasteiger partial charge in [0, 0.05) is 32.8 Å². The second kappa shape index (κ2) is 6.49. The third-order valence-corrected chi connectivity index (χ3v) is 4.93. The Morgan fingerprint density at radius 1 is 1.30 bits per heavy atom. The molecule has 8 heteroatoms.